The van der Waals surface area contributed by atoms with Gasteiger partial charge in [0.15, 0.2) is 0 Å². The van der Waals surface area contributed by atoms with Crippen molar-refractivity contribution in [2.45, 2.75) is 78.5 Å². The van der Waals surface area contributed by atoms with Crippen LogP contribution in [0, 0.1) is 5.92 Å². The third kappa shape index (κ3) is 12.3. The van der Waals surface area contributed by atoms with Crippen molar-refractivity contribution < 1.29 is 37.0 Å². The Bertz CT molecular complexity index is 512. The molecule has 0 fully saturated rings. The molecule has 0 aromatic heterocycles. The van der Waals surface area contributed by atoms with Gasteiger partial charge in [0.05, 0.1) is 12.7 Å². The van der Waals surface area contributed by atoms with Crippen LogP contribution in [0.15, 0.2) is 12.2 Å². The molecule has 0 aromatic carbocycles. The highest BCUT2D eigenvalue weighted by atomic mass is 19.4. The van der Waals surface area contributed by atoms with E-state index in [2.05, 4.69) is 5.32 Å². The molecule has 0 aliphatic rings. The van der Waals surface area contributed by atoms with E-state index in [1.165, 1.54) is 6.92 Å². The number of carbonyl (C=O) groups is 2. The number of allylic oxidation sites excluding steroid dienone is 1. The Kier molecular flexibility index (Phi) is 9.84. The Balaban J connectivity index is 4.68. The highest BCUT2D eigenvalue weighted by Gasteiger charge is 2.29. The van der Waals surface area contributed by atoms with Gasteiger partial charge in [-0.25, -0.2) is 9.59 Å². The lowest BCUT2D eigenvalue weighted by molar-refractivity contribution is -0.162. The summed E-state index contributed by atoms with van der Waals surface area (Å²) in [4.78, 5) is 23.9. The molecular weight excluding hydrogens is 367 g/mol. The van der Waals surface area contributed by atoms with Crippen LogP contribution in [0.1, 0.15) is 48.5 Å². The van der Waals surface area contributed by atoms with E-state index < -0.39 is 42.1 Å². The van der Waals surface area contributed by atoms with Gasteiger partial charge in [-0.15, -0.1) is 0 Å². The van der Waals surface area contributed by atoms with E-state index in [4.69, 9.17) is 14.2 Å². The summed E-state index contributed by atoms with van der Waals surface area (Å²) in [5.41, 5.74) is -0.708. The minimum Gasteiger partial charge on any atom is -0.458 e. The highest BCUT2D eigenvalue weighted by Crippen LogP contribution is 2.17. The number of hydrogen-bond donors (Lipinski definition) is 1. The van der Waals surface area contributed by atoms with Crippen LogP contribution in [0.3, 0.4) is 0 Å². The number of alkyl halides is 3. The van der Waals surface area contributed by atoms with Crippen LogP contribution < -0.4 is 5.32 Å². The maximum absolute atomic E-state index is 12.2. The quantitative estimate of drug-likeness (QED) is 0.495. The predicted octanol–water partition coefficient (Wildman–Crippen LogP) is 3.99. The van der Waals surface area contributed by atoms with E-state index in [1.54, 1.807) is 41.5 Å². The second-order valence-electron chi connectivity index (χ2n) is 7.50. The summed E-state index contributed by atoms with van der Waals surface area (Å²) in [6, 6.07) is -0.960. The van der Waals surface area contributed by atoms with Crippen molar-refractivity contribution in [3.8, 4) is 0 Å². The average Bonchev–Trinajstić information content (AvgIpc) is 2.45. The smallest absolute Gasteiger partial charge is 0.409 e. The van der Waals surface area contributed by atoms with E-state index >= 15 is 0 Å². The van der Waals surface area contributed by atoms with Crippen molar-refractivity contribution in [1.29, 1.82) is 0 Å². The molecule has 6 nitrogen and oxygen atoms in total. The first-order valence-corrected chi connectivity index (χ1v) is 8.68. The van der Waals surface area contributed by atoms with Gasteiger partial charge >= 0.3 is 18.2 Å². The van der Waals surface area contributed by atoms with Gasteiger partial charge in [-0.1, -0.05) is 19.9 Å². The molecule has 0 aliphatic carbocycles. The minimum absolute atomic E-state index is 0.0862. The second-order valence-corrected chi connectivity index (χ2v) is 7.50. The number of esters is 1. The summed E-state index contributed by atoms with van der Waals surface area (Å²) in [5.74, 6) is -0.842. The first-order chi connectivity index (χ1) is 12.1. The van der Waals surface area contributed by atoms with Crippen LogP contribution >= 0.6 is 0 Å². The van der Waals surface area contributed by atoms with Crippen molar-refractivity contribution in [2.24, 2.45) is 5.92 Å². The number of rotatable bonds is 8. The topological polar surface area (TPSA) is 73.9 Å². The molecule has 0 bridgehead atoms. The summed E-state index contributed by atoms with van der Waals surface area (Å²) in [5, 5.41) is 2.38. The average molecular weight is 397 g/mol. The molecular formula is C18H30F3NO5. The van der Waals surface area contributed by atoms with Crippen LogP contribution in [0.2, 0.25) is 0 Å². The predicted molar refractivity (Wildman–Crippen MR) is 94.2 cm³/mol. The maximum atomic E-state index is 12.2. The van der Waals surface area contributed by atoms with Gasteiger partial charge in [0.25, 0.3) is 0 Å². The molecule has 0 saturated heterocycles. The molecule has 0 heterocycles. The van der Waals surface area contributed by atoms with Crippen molar-refractivity contribution in [1.82, 2.24) is 5.32 Å². The van der Waals surface area contributed by atoms with Gasteiger partial charge < -0.3 is 19.5 Å². The number of carbonyl (C=O) groups excluding carboxylic acids is 2. The summed E-state index contributed by atoms with van der Waals surface area (Å²) >= 11 is 0. The fourth-order valence-corrected chi connectivity index (χ4v) is 2.04. The van der Waals surface area contributed by atoms with E-state index in [-0.39, 0.29) is 18.6 Å². The van der Waals surface area contributed by atoms with Crippen LogP contribution in [-0.4, -0.2) is 48.7 Å². The molecule has 27 heavy (non-hydrogen) atoms. The number of amides is 1. The number of alkyl carbamates (subject to hydrolysis) is 1. The monoisotopic (exact) mass is 397 g/mol. The normalized spacial score (nSPS) is 16.1. The largest absolute Gasteiger partial charge is 0.458 e. The van der Waals surface area contributed by atoms with Crippen LogP contribution in [0.4, 0.5) is 18.0 Å². The molecule has 0 saturated carbocycles. The molecule has 0 rings (SSSR count). The standard InChI is InChI=1S/C18H30F3NO5/c1-11(2)14(13(4)25-10-8-9-18(19,20)21)26-15(23)12(3)22-16(24)27-17(5,6)7/h8-9,11-14H,10H2,1-7H3,(H,22,24)/b9-8+/t12-,13-,14+/m0/s1. The van der Waals surface area contributed by atoms with Crippen LogP contribution in [-0.2, 0) is 19.0 Å². The van der Waals surface area contributed by atoms with Gasteiger partial charge in [-0.2, -0.15) is 13.2 Å². The Morgan fingerprint density at radius 3 is 2.07 bits per heavy atom. The van der Waals surface area contributed by atoms with E-state index in [1.807, 2.05) is 0 Å². The summed E-state index contributed by atoms with van der Waals surface area (Å²) in [6.07, 6.45) is -5.56. The molecule has 0 spiro atoms. The molecule has 1 amide bonds. The lowest BCUT2D eigenvalue weighted by Crippen LogP contribution is -2.45. The Hall–Kier alpha value is -1.77. The van der Waals surface area contributed by atoms with Crippen molar-refractivity contribution in [2.75, 3.05) is 6.61 Å². The maximum Gasteiger partial charge on any atom is 0.409 e. The number of nitrogens with one attached hydrogen (secondary N) is 1. The van der Waals surface area contributed by atoms with E-state index in [9.17, 15) is 22.8 Å². The van der Waals surface area contributed by atoms with Gasteiger partial charge in [0, 0.05) is 6.08 Å². The lowest BCUT2D eigenvalue weighted by atomic mass is 10.0. The summed E-state index contributed by atoms with van der Waals surface area (Å²) < 4.78 is 52.0. The number of halogens is 3. The SMILES string of the molecule is CC(C)[C@@H](OC(=O)[C@H](C)NC(=O)OC(C)(C)C)[C@H](C)OC/C=C/C(F)(F)F. The third-order valence-corrected chi connectivity index (χ3v) is 3.22. The van der Waals surface area contributed by atoms with Gasteiger partial charge in [0.2, 0.25) is 0 Å². The van der Waals surface area contributed by atoms with Crippen LogP contribution in [0.5, 0.6) is 0 Å². The highest BCUT2D eigenvalue weighted by molar-refractivity contribution is 5.81. The molecule has 9 heteroatoms. The van der Waals surface area contributed by atoms with Crippen LogP contribution in [0.25, 0.3) is 0 Å². The van der Waals surface area contributed by atoms with E-state index in [0.717, 1.165) is 6.08 Å². The van der Waals surface area contributed by atoms with Gasteiger partial charge in [-0.05, 0) is 40.5 Å². The van der Waals surface area contributed by atoms with Crippen molar-refractivity contribution in [3.63, 3.8) is 0 Å². The molecule has 0 aliphatic heterocycles. The molecule has 3 atom stereocenters. The molecule has 1 N–H and O–H groups in total. The summed E-state index contributed by atoms with van der Waals surface area (Å²) in [7, 11) is 0. The Morgan fingerprint density at radius 1 is 1.07 bits per heavy atom. The van der Waals surface area contributed by atoms with E-state index in [0.29, 0.717) is 0 Å². The Labute approximate surface area is 158 Å². The lowest BCUT2D eigenvalue weighted by Gasteiger charge is -2.28. The zero-order valence-electron chi connectivity index (χ0n) is 16.8. The third-order valence-electron chi connectivity index (χ3n) is 3.22. The first-order valence-electron chi connectivity index (χ1n) is 8.68. The second kappa shape index (κ2) is 10.5. The number of hydrogen-bond acceptors (Lipinski definition) is 5. The fraction of sp³-hybridized carbons (Fsp3) is 0.778. The number of ether oxygens (including phenoxy) is 3. The van der Waals surface area contributed by atoms with Crippen molar-refractivity contribution in [3.05, 3.63) is 12.2 Å². The van der Waals surface area contributed by atoms with Gasteiger partial charge in [-0.3, -0.25) is 0 Å². The molecule has 158 valence electrons. The molecule has 0 unspecified atom stereocenters. The Morgan fingerprint density at radius 2 is 1.63 bits per heavy atom. The minimum atomic E-state index is -4.40. The van der Waals surface area contributed by atoms with Gasteiger partial charge in [0.1, 0.15) is 17.7 Å². The fourth-order valence-electron chi connectivity index (χ4n) is 2.04. The zero-order valence-corrected chi connectivity index (χ0v) is 16.8. The molecule has 0 aromatic rings. The molecule has 0 radical (unpaired) electrons. The van der Waals surface area contributed by atoms with Crippen molar-refractivity contribution >= 4 is 12.1 Å². The summed E-state index contributed by atoms with van der Waals surface area (Å²) in [6.45, 7) is 11.4. The first kappa shape index (κ1) is 25.2. The zero-order chi connectivity index (χ0) is 21.4.